The van der Waals surface area contributed by atoms with Crippen LogP contribution in [0.2, 0.25) is 0 Å². The van der Waals surface area contributed by atoms with E-state index in [-0.39, 0.29) is 12.1 Å². The number of nitriles is 1. The van der Waals surface area contributed by atoms with Crippen LogP contribution in [0.15, 0.2) is 36.5 Å². The number of benzene rings is 1. The van der Waals surface area contributed by atoms with Gasteiger partial charge >= 0.3 is 6.03 Å². The van der Waals surface area contributed by atoms with Gasteiger partial charge in [-0.2, -0.15) is 5.26 Å². The molecule has 6 heteroatoms. The van der Waals surface area contributed by atoms with Gasteiger partial charge in [0.05, 0.1) is 13.1 Å². The smallest absolute Gasteiger partial charge is 0.322 e. The fourth-order valence-electron chi connectivity index (χ4n) is 2.43. The first-order valence-electron chi connectivity index (χ1n) is 7.72. The number of anilines is 1. The number of carbonyl (C=O) groups excluding carboxylic acids is 1. The molecule has 0 bridgehead atoms. The van der Waals surface area contributed by atoms with Crippen LogP contribution in [-0.4, -0.2) is 35.1 Å². The van der Waals surface area contributed by atoms with Crippen LogP contribution in [0.1, 0.15) is 16.7 Å². The van der Waals surface area contributed by atoms with Crippen LogP contribution in [0.25, 0.3) is 0 Å². The largest absolute Gasteiger partial charge is 0.470 e. The molecule has 6 nitrogen and oxygen atoms in total. The molecule has 0 unspecified atom stereocenters. The summed E-state index contributed by atoms with van der Waals surface area (Å²) in [6, 6.07) is 11.1. The van der Waals surface area contributed by atoms with Gasteiger partial charge in [0, 0.05) is 11.9 Å². The van der Waals surface area contributed by atoms with Gasteiger partial charge in [-0.25, -0.2) is 9.78 Å². The number of hydrogen-bond donors (Lipinski definition) is 1. The van der Waals surface area contributed by atoms with Crippen molar-refractivity contribution in [3.05, 3.63) is 53.2 Å². The molecule has 24 heavy (non-hydrogen) atoms. The lowest BCUT2D eigenvalue weighted by atomic mass is 10.1. The molecule has 1 N–H and O–H groups in total. The van der Waals surface area contributed by atoms with Crippen molar-refractivity contribution in [2.45, 2.75) is 20.0 Å². The number of pyridine rings is 1. The number of nitrogens with zero attached hydrogens (tertiary/aromatic N) is 3. The molecule has 2 heterocycles. The second kappa shape index (κ2) is 6.59. The van der Waals surface area contributed by atoms with Crippen LogP contribution in [0.4, 0.5) is 10.5 Å². The summed E-state index contributed by atoms with van der Waals surface area (Å²) in [6.45, 7) is 4.99. The molecule has 1 saturated heterocycles. The second-order valence-electron chi connectivity index (χ2n) is 5.84. The average Bonchev–Trinajstić information content (AvgIpc) is 2.54. The minimum absolute atomic E-state index is 0.141. The maximum absolute atomic E-state index is 12.2. The lowest BCUT2D eigenvalue weighted by molar-refractivity contribution is 0.0459. The maximum Gasteiger partial charge on any atom is 0.322 e. The number of likely N-dealkylation sites (tertiary alicyclic amines) is 1. The summed E-state index contributed by atoms with van der Waals surface area (Å²) in [5.41, 5.74) is 3.50. The molecule has 0 atom stereocenters. The summed E-state index contributed by atoms with van der Waals surface area (Å²) < 4.78 is 5.68. The fraction of sp³-hybridized carbons (Fsp3) is 0.278. The SMILES string of the molecule is Cc1ccc(NC(=O)N2CC(Oc3ncccc3C#N)C2)cc1C. The Labute approximate surface area is 140 Å². The number of aryl methyl sites for hydroxylation is 2. The third kappa shape index (κ3) is 3.30. The van der Waals surface area contributed by atoms with Crippen molar-refractivity contribution >= 4 is 11.7 Å². The summed E-state index contributed by atoms with van der Waals surface area (Å²) >= 11 is 0. The molecule has 0 spiro atoms. The van der Waals surface area contributed by atoms with E-state index >= 15 is 0 Å². The molecular weight excluding hydrogens is 304 g/mol. The summed E-state index contributed by atoms with van der Waals surface area (Å²) in [7, 11) is 0. The first kappa shape index (κ1) is 15.8. The molecule has 1 fully saturated rings. The maximum atomic E-state index is 12.2. The number of nitrogens with one attached hydrogen (secondary N) is 1. The zero-order chi connectivity index (χ0) is 17.1. The Hall–Kier alpha value is -3.07. The van der Waals surface area contributed by atoms with Crippen molar-refractivity contribution in [1.82, 2.24) is 9.88 Å². The standard InChI is InChI=1S/C18H18N4O2/c1-12-5-6-15(8-13(12)2)21-18(23)22-10-16(11-22)24-17-14(9-19)4-3-7-20-17/h3-8,16H,10-11H2,1-2H3,(H,21,23). The van der Waals surface area contributed by atoms with Crippen LogP contribution >= 0.6 is 0 Å². The van der Waals surface area contributed by atoms with E-state index in [4.69, 9.17) is 10.00 Å². The number of carbonyl (C=O) groups is 1. The summed E-state index contributed by atoms with van der Waals surface area (Å²) in [5.74, 6) is 0.319. The molecular formula is C18H18N4O2. The Bertz CT molecular complexity index is 807. The first-order chi connectivity index (χ1) is 11.6. The third-order valence-corrected chi connectivity index (χ3v) is 4.06. The molecule has 1 aliphatic rings. The fourth-order valence-corrected chi connectivity index (χ4v) is 2.43. The highest BCUT2D eigenvalue weighted by Gasteiger charge is 2.33. The van der Waals surface area contributed by atoms with Gasteiger partial charge in [0.25, 0.3) is 0 Å². The van der Waals surface area contributed by atoms with E-state index in [1.54, 1.807) is 23.2 Å². The molecule has 0 aliphatic carbocycles. The van der Waals surface area contributed by atoms with Crippen molar-refractivity contribution in [2.75, 3.05) is 18.4 Å². The molecule has 2 aromatic rings. The number of urea groups is 1. The lowest BCUT2D eigenvalue weighted by Gasteiger charge is -2.38. The van der Waals surface area contributed by atoms with Crippen LogP contribution < -0.4 is 10.1 Å². The van der Waals surface area contributed by atoms with Gasteiger partial charge < -0.3 is 15.0 Å². The normalized spacial score (nSPS) is 13.8. The van der Waals surface area contributed by atoms with E-state index in [2.05, 4.69) is 10.3 Å². The monoisotopic (exact) mass is 322 g/mol. The predicted octanol–water partition coefficient (Wildman–Crippen LogP) is 2.87. The Balaban J connectivity index is 1.53. The average molecular weight is 322 g/mol. The highest BCUT2D eigenvalue weighted by atomic mass is 16.5. The van der Waals surface area contributed by atoms with Crippen molar-refractivity contribution in [2.24, 2.45) is 0 Å². The number of aromatic nitrogens is 1. The molecule has 2 amide bonds. The predicted molar refractivity (Wildman–Crippen MR) is 89.9 cm³/mol. The quantitative estimate of drug-likeness (QED) is 0.942. The van der Waals surface area contributed by atoms with Crippen LogP contribution in [0.3, 0.4) is 0 Å². The number of rotatable bonds is 3. The molecule has 1 aliphatic heterocycles. The summed E-state index contributed by atoms with van der Waals surface area (Å²) in [6.07, 6.45) is 1.44. The number of ether oxygens (including phenoxy) is 1. The Morgan fingerprint density at radius 3 is 2.83 bits per heavy atom. The van der Waals surface area contributed by atoms with Crippen LogP contribution in [0.5, 0.6) is 5.88 Å². The molecule has 1 aromatic heterocycles. The van der Waals surface area contributed by atoms with E-state index in [0.717, 1.165) is 11.3 Å². The minimum Gasteiger partial charge on any atom is -0.470 e. The number of hydrogen-bond acceptors (Lipinski definition) is 4. The van der Waals surface area contributed by atoms with E-state index in [1.807, 2.05) is 38.1 Å². The highest BCUT2D eigenvalue weighted by Crippen LogP contribution is 2.21. The number of amides is 2. The molecule has 122 valence electrons. The minimum atomic E-state index is -0.153. The molecule has 1 aromatic carbocycles. The first-order valence-corrected chi connectivity index (χ1v) is 7.72. The summed E-state index contributed by atoms with van der Waals surface area (Å²) in [4.78, 5) is 17.9. The van der Waals surface area contributed by atoms with Crippen molar-refractivity contribution in [1.29, 1.82) is 5.26 Å². The van der Waals surface area contributed by atoms with Crippen molar-refractivity contribution < 1.29 is 9.53 Å². The molecule has 0 saturated carbocycles. The van der Waals surface area contributed by atoms with Gasteiger partial charge in [-0.3, -0.25) is 0 Å². The van der Waals surface area contributed by atoms with Gasteiger partial charge in [-0.15, -0.1) is 0 Å². The Kier molecular flexibility index (Phi) is 4.34. The summed E-state index contributed by atoms with van der Waals surface area (Å²) in [5, 5.41) is 11.9. The molecule has 3 rings (SSSR count). The van der Waals surface area contributed by atoms with Crippen LogP contribution in [0, 0.1) is 25.2 Å². The second-order valence-corrected chi connectivity index (χ2v) is 5.84. The van der Waals surface area contributed by atoms with Gasteiger partial charge in [0.2, 0.25) is 5.88 Å². The topological polar surface area (TPSA) is 78.2 Å². The van der Waals surface area contributed by atoms with Gasteiger partial charge in [0.1, 0.15) is 17.7 Å². The van der Waals surface area contributed by atoms with Crippen molar-refractivity contribution in [3.63, 3.8) is 0 Å². The van der Waals surface area contributed by atoms with E-state index in [1.165, 1.54) is 5.56 Å². The van der Waals surface area contributed by atoms with E-state index in [0.29, 0.717) is 24.5 Å². The zero-order valence-electron chi connectivity index (χ0n) is 13.6. The lowest BCUT2D eigenvalue weighted by Crippen LogP contribution is -2.57. The van der Waals surface area contributed by atoms with Gasteiger partial charge in [-0.1, -0.05) is 6.07 Å². The van der Waals surface area contributed by atoms with E-state index in [9.17, 15) is 4.79 Å². The van der Waals surface area contributed by atoms with Crippen molar-refractivity contribution in [3.8, 4) is 11.9 Å². The molecule has 0 radical (unpaired) electrons. The third-order valence-electron chi connectivity index (χ3n) is 4.06. The van der Waals surface area contributed by atoms with Crippen LogP contribution in [-0.2, 0) is 0 Å². The highest BCUT2D eigenvalue weighted by molar-refractivity contribution is 5.90. The van der Waals surface area contributed by atoms with Gasteiger partial charge in [-0.05, 0) is 49.2 Å². The zero-order valence-corrected chi connectivity index (χ0v) is 13.6. The Morgan fingerprint density at radius 2 is 2.12 bits per heavy atom. The Morgan fingerprint density at radius 1 is 1.33 bits per heavy atom. The van der Waals surface area contributed by atoms with E-state index < -0.39 is 0 Å². The van der Waals surface area contributed by atoms with Gasteiger partial charge in [0.15, 0.2) is 0 Å².